The quantitative estimate of drug-likeness (QED) is 0.510. The Bertz CT molecular complexity index is 215. The largest absolute Gasteiger partial charge is 0.339 e. The molecule has 1 saturated heterocycles. The van der Waals surface area contributed by atoms with Crippen molar-refractivity contribution in [3.8, 4) is 0 Å². The van der Waals surface area contributed by atoms with E-state index in [2.05, 4.69) is 6.92 Å². The van der Waals surface area contributed by atoms with E-state index in [1.807, 2.05) is 17.1 Å². The maximum absolute atomic E-state index is 11.5. The van der Waals surface area contributed by atoms with Crippen molar-refractivity contribution in [2.75, 3.05) is 19.0 Å². The summed E-state index contributed by atoms with van der Waals surface area (Å²) in [4.78, 5) is 13.4. The summed E-state index contributed by atoms with van der Waals surface area (Å²) in [6, 6.07) is 0. The van der Waals surface area contributed by atoms with Gasteiger partial charge in [-0.05, 0) is 12.3 Å². The number of rotatable bonds is 5. The third-order valence-corrected chi connectivity index (χ3v) is 2.75. The van der Waals surface area contributed by atoms with Crippen LogP contribution in [0.25, 0.3) is 0 Å². The highest BCUT2D eigenvalue weighted by atomic mass is 35.5. The Morgan fingerprint density at radius 3 is 3.00 bits per heavy atom. The number of nitrogens with zero attached hydrogens (tertiary/aromatic N) is 1. The predicted molar refractivity (Wildman–Crippen MR) is 59.5 cm³/mol. The molecule has 0 aromatic heterocycles. The summed E-state index contributed by atoms with van der Waals surface area (Å²) in [5.74, 6) is 1.40. The molecule has 0 saturated carbocycles. The van der Waals surface area contributed by atoms with Crippen LogP contribution in [-0.2, 0) is 4.79 Å². The summed E-state index contributed by atoms with van der Waals surface area (Å²) >= 11 is 5.51. The number of likely N-dealkylation sites (tertiary alicyclic amines) is 1. The van der Waals surface area contributed by atoms with E-state index in [1.54, 1.807) is 0 Å². The minimum absolute atomic E-state index is 0.294. The van der Waals surface area contributed by atoms with Gasteiger partial charge in [0.05, 0.1) is 0 Å². The van der Waals surface area contributed by atoms with Gasteiger partial charge in [0.1, 0.15) is 0 Å². The molecule has 2 nitrogen and oxygen atoms in total. The number of carbonyl (C=O) groups excluding carboxylic acids is 1. The van der Waals surface area contributed by atoms with Crippen molar-refractivity contribution in [3.63, 3.8) is 0 Å². The van der Waals surface area contributed by atoms with Crippen molar-refractivity contribution in [1.29, 1.82) is 0 Å². The van der Waals surface area contributed by atoms with Crippen LogP contribution < -0.4 is 0 Å². The van der Waals surface area contributed by atoms with Gasteiger partial charge >= 0.3 is 0 Å². The smallest absolute Gasteiger partial charge is 0.223 e. The molecule has 1 atom stereocenters. The van der Waals surface area contributed by atoms with Gasteiger partial charge in [-0.2, -0.15) is 0 Å². The summed E-state index contributed by atoms with van der Waals surface area (Å²) in [6.07, 6.45) is 6.94. The number of amides is 1. The van der Waals surface area contributed by atoms with Gasteiger partial charge in [-0.25, -0.2) is 0 Å². The van der Waals surface area contributed by atoms with Crippen LogP contribution in [0.1, 0.15) is 26.2 Å². The predicted octanol–water partition coefficient (Wildman–Crippen LogP) is 2.43. The first kappa shape index (κ1) is 11.6. The Hall–Kier alpha value is -0.500. The number of allylic oxidation sites excluding steroid dienone is 1. The monoisotopic (exact) mass is 215 g/mol. The topological polar surface area (TPSA) is 20.3 Å². The van der Waals surface area contributed by atoms with Crippen molar-refractivity contribution < 1.29 is 4.79 Å². The van der Waals surface area contributed by atoms with Gasteiger partial charge in [0.25, 0.3) is 0 Å². The molecule has 0 radical (unpaired) electrons. The van der Waals surface area contributed by atoms with Crippen molar-refractivity contribution in [1.82, 2.24) is 4.90 Å². The molecule has 1 rings (SSSR count). The molecular formula is C11H18ClNO. The third kappa shape index (κ3) is 3.33. The second-order valence-electron chi connectivity index (χ2n) is 3.78. The average Bonchev–Trinajstić information content (AvgIpc) is 2.48. The number of halogens is 1. The molecule has 14 heavy (non-hydrogen) atoms. The molecule has 3 heteroatoms. The lowest BCUT2D eigenvalue weighted by molar-refractivity contribution is -0.127. The van der Waals surface area contributed by atoms with Crippen LogP contribution in [-0.4, -0.2) is 29.8 Å². The van der Waals surface area contributed by atoms with Gasteiger partial charge in [0, 0.05) is 25.4 Å². The van der Waals surface area contributed by atoms with Gasteiger partial charge in [-0.3, -0.25) is 4.79 Å². The first-order valence-electron chi connectivity index (χ1n) is 5.26. The van der Waals surface area contributed by atoms with Crippen LogP contribution >= 0.6 is 11.6 Å². The molecule has 80 valence electrons. The summed E-state index contributed by atoms with van der Waals surface area (Å²) in [5, 5.41) is 0. The Morgan fingerprint density at radius 2 is 2.36 bits per heavy atom. The lowest BCUT2D eigenvalue weighted by atomic mass is 10.0. The molecule has 0 bridgehead atoms. The highest BCUT2D eigenvalue weighted by Gasteiger charge is 2.27. The van der Waals surface area contributed by atoms with E-state index >= 15 is 0 Å². The van der Waals surface area contributed by atoms with E-state index in [1.165, 1.54) is 12.8 Å². The number of hydrogen-bond acceptors (Lipinski definition) is 1. The zero-order valence-electron chi connectivity index (χ0n) is 8.71. The van der Waals surface area contributed by atoms with E-state index in [4.69, 9.17) is 11.6 Å². The Kier molecular flexibility index (Phi) is 5.02. The van der Waals surface area contributed by atoms with Crippen LogP contribution in [0.4, 0.5) is 0 Å². The third-order valence-electron chi connectivity index (χ3n) is 2.57. The molecule has 1 unspecified atom stereocenters. The SMILES string of the molecule is CCCC1CC(=O)N(C/C=C/CCl)C1. The fourth-order valence-electron chi connectivity index (χ4n) is 1.90. The lowest BCUT2D eigenvalue weighted by Crippen LogP contribution is -2.25. The highest BCUT2D eigenvalue weighted by molar-refractivity contribution is 6.18. The molecule has 1 amide bonds. The molecular weight excluding hydrogens is 198 g/mol. The summed E-state index contributed by atoms with van der Waals surface area (Å²) in [6.45, 7) is 3.83. The number of alkyl halides is 1. The van der Waals surface area contributed by atoms with E-state index in [0.717, 1.165) is 19.5 Å². The van der Waals surface area contributed by atoms with Gasteiger partial charge in [-0.1, -0.05) is 25.5 Å². The van der Waals surface area contributed by atoms with Crippen molar-refractivity contribution in [2.24, 2.45) is 5.92 Å². The maximum Gasteiger partial charge on any atom is 0.223 e. The summed E-state index contributed by atoms with van der Waals surface area (Å²) < 4.78 is 0. The minimum Gasteiger partial charge on any atom is -0.339 e. The first-order chi connectivity index (χ1) is 6.77. The fourth-order valence-corrected chi connectivity index (χ4v) is 2.02. The fraction of sp³-hybridized carbons (Fsp3) is 0.727. The lowest BCUT2D eigenvalue weighted by Gasteiger charge is -2.13. The zero-order valence-corrected chi connectivity index (χ0v) is 9.46. The Balaban J connectivity index is 2.33. The van der Waals surface area contributed by atoms with Crippen LogP contribution in [0, 0.1) is 5.92 Å². The first-order valence-corrected chi connectivity index (χ1v) is 5.80. The van der Waals surface area contributed by atoms with Gasteiger partial charge < -0.3 is 4.90 Å². The normalized spacial score (nSPS) is 22.6. The van der Waals surface area contributed by atoms with Gasteiger partial charge in [0.15, 0.2) is 0 Å². The molecule has 1 heterocycles. The molecule has 0 N–H and O–H groups in total. The second-order valence-corrected chi connectivity index (χ2v) is 4.09. The molecule has 1 aliphatic heterocycles. The van der Waals surface area contributed by atoms with Gasteiger partial charge in [-0.15, -0.1) is 11.6 Å². The van der Waals surface area contributed by atoms with Crippen LogP contribution in [0.15, 0.2) is 12.2 Å². The molecule has 1 fully saturated rings. The van der Waals surface area contributed by atoms with Crippen molar-refractivity contribution in [2.45, 2.75) is 26.2 Å². The number of hydrogen-bond donors (Lipinski definition) is 0. The molecule has 0 aromatic carbocycles. The van der Waals surface area contributed by atoms with E-state index < -0.39 is 0 Å². The molecule has 0 spiro atoms. The Morgan fingerprint density at radius 1 is 1.57 bits per heavy atom. The summed E-state index contributed by atoms with van der Waals surface area (Å²) in [7, 11) is 0. The van der Waals surface area contributed by atoms with Crippen LogP contribution in [0.2, 0.25) is 0 Å². The average molecular weight is 216 g/mol. The molecule has 1 aliphatic rings. The minimum atomic E-state index is 0.294. The molecule has 0 aliphatic carbocycles. The standard InChI is InChI=1S/C11H18ClNO/c1-2-5-10-8-11(14)13(9-10)7-4-3-6-12/h3-4,10H,2,5-9H2,1H3/b4-3+. The number of carbonyl (C=O) groups is 1. The van der Waals surface area contributed by atoms with Gasteiger partial charge in [0.2, 0.25) is 5.91 Å². The van der Waals surface area contributed by atoms with E-state index in [0.29, 0.717) is 17.7 Å². The van der Waals surface area contributed by atoms with E-state index in [-0.39, 0.29) is 0 Å². The van der Waals surface area contributed by atoms with Crippen LogP contribution in [0.3, 0.4) is 0 Å². The van der Waals surface area contributed by atoms with Crippen molar-refractivity contribution in [3.05, 3.63) is 12.2 Å². The highest BCUT2D eigenvalue weighted by Crippen LogP contribution is 2.21. The summed E-state index contributed by atoms with van der Waals surface area (Å²) in [5.41, 5.74) is 0. The van der Waals surface area contributed by atoms with Crippen LogP contribution in [0.5, 0.6) is 0 Å². The maximum atomic E-state index is 11.5. The molecule has 0 aromatic rings. The van der Waals surface area contributed by atoms with E-state index in [9.17, 15) is 4.79 Å². The second kappa shape index (κ2) is 6.07. The van der Waals surface area contributed by atoms with Crippen molar-refractivity contribution >= 4 is 17.5 Å². The Labute approximate surface area is 90.9 Å². The zero-order chi connectivity index (χ0) is 10.4.